The van der Waals surface area contributed by atoms with E-state index in [0.29, 0.717) is 0 Å². The molecule has 1 rings (SSSR count). The summed E-state index contributed by atoms with van der Waals surface area (Å²) in [4.78, 5) is 0. The lowest BCUT2D eigenvalue weighted by Crippen LogP contribution is -2.06. The van der Waals surface area contributed by atoms with E-state index in [9.17, 15) is 0 Å². The maximum absolute atomic E-state index is 5.66. The normalized spacial score (nSPS) is 13.6. The Labute approximate surface area is 60.2 Å². The van der Waals surface area contributed by atoms with Crippen LogP contribution in [0.4, 0.5) is 0 Å². The molecule has 1 aromatic rings. The molecule has 0 fully saturated rings. The molecule has 0 amide bonds. The van der Waals surface area contributed by atoms with Gasteiger partial charge in [0, 0.05) is 11.6 Å². The summed E-state index contributed by atoms with van der Waals surface area (Å²) >= 11 is 0. The zero-order chi connectivity index (χ0) is 7.72. The predicted octanol–water partition coefficient (Wildman–Crippen LogP) is 1.31. The van der Waals surface area contributed by atoms with Crippen LogP contribution in [-0.2, 0) is 0 Å². The van der Waals surface area contributed by atoms with E-state index in [-0.39, 0.29) is 6.04 Å². The average Bonchev–Trinajstić information content (AvgIpc) is 2.11. The van der Waals surface area contributed by atoms with Gasteiger partial charge in [-0.1, -0.05) is 5.16 Å². The van der Waals surface area contributed by atoms with Crippen LogP contribution in [0.15, 0.2) is 4.52 Å². The van der Waals surface area contributed by atoms with Gasteiger partial charge < -0.3 is 10.3 Å². The van der Waals surface area contributed by atoms with Gasteiger partial charge in [-0.3, -0.25) is 0 Å². The summed E-state index contributed by atoms with van der Waals surface area (Å²) in [5.41, 5.74) is 7.58. The molecule has 3 nitrogen and oxygen atoms in total. The Balaban J connectivity index is 3.10. The quantitative estimate of drug-likeness (QED) is 0.639. The molecule has 0 unspecified atom stereocenters. The van der Waals surface area contributed by atoms with Crippen molar-refractivity contribution >= 4 is 0 Å². The van der Waals surface area contributed by atoms with Crippen molar-refractivity contribution in [2.45, 2.75) is 26.8 Å². The minimum absolute atomic E-state index is 0.0197. The van der Waals surface area contributed by atoms with Crippen molar-refractivity contribution in [1.82, 2.24) is 5.16 Å². The lowest BCUT2D eigenvalue weighted by Gasteiger charge is -2.01. The van der Waals surface area contributed by atoms with E-state index in [1.807, 2.05) is 20.8 Å². The number of nitrogens with zero attached hydrogens (tertiary/aromatic N) is 1. The fraction of sp³-hybridized carbons (Fsp3) is 0.571. The van der Waals surface area contributed by atoms with Crippen LogP contribution < -0.4 is 5.73 Å². The van der Waals surface area contributed by atoms with E-state index in [0.717, 1.165) is 17.0 Å². The summed E-state index contributed by atoms with van der Waals surface area (Å²) < 4.78 is 4.93. The van der Waals surface area contributed by atoms with Crippen molar-refractivity contribution in [3.63, 3.8) is 0 Å². The van der Waals surface area contributed by atoms with Gasteiger partial charge in [-0.25, -0.2) is 0 Å². The molecule has 0 aliphatic heterocycles. The maximum Gasteiger partial charge on any atom is 0.138 e. The number of aryl methyl sites for hydroxylation is 2. The van der Waals surface area contributed by atoms with Crippen molar-refractivity contribution in [2.75, 3.05) is 0 Å². The molecule has 56 valence electrons. The summed E-state index contributed by atoms with van der Waals surface area (Å²) in [6, 6.07) is 0.0197. The van der Waals surface area contributed by atoms with E-state index < -0.39 is 0 Å². The van der Waals surface area contributed by atoms with E-state index in [2.05, 4.69) is 5.16 Å². The second-order valence-electron chi connectivity index (χ2n) is 2.53. The highest BCUT2D eigenvalue weighted by Crippen LogP contribution is 2.18. The van der Waals surface area contributed by atoms with Crippen LogP contribution in [-0.4, -0.2) is 5.16 Å². The minimum atomic E-state index is 0.0197. The van der Waals surface area contributed by atoms with Crippen molar-refractivity contribution in [1.29, 1.82) is 0 Å². The Morgan fingerprint density at radius 1 is 1.50 bits per heavy atom. The van der Waals surface area contributed by atoms with Crippen molar-refractivity contribution in [2.24, 2.45) is 5.73 Å². The fourth-order valence-electron chi connectivity index (χ4n) is 1.14. The molecule has 1 heterocycles. The van der Waals surface area contributed by atoms with Gasteiger partial charge in [-0.15, -0.1) is 0 Å². The highest BCUT2D eigenvalue weighted by molar-refractivity contribution is 5.23. The van der Waals surface area contributed by atoms with Crippen LogP contribution in [0.2, 0.25) is 0 Å². The number of hydrogen-bond donors (Lipinski definition) is 1. The topological polar surface area (TPSA) is 52.0 Å². The van der Waals surface area contributed by atoms with Crippen LogP contribution in [0, 0.1) is 13.8 Å². The minimum Gasteiger partial charge on any atom is -0.361 e. The molecule has 0 spiro atoms. The van der Waals surface area contributed by atoms with Crippen LogP contribution in [0.25, 0.3) is 0 Å². The van der Waals surface area contributed by atoms with Gasteiger partial charge in [0.1, 0.15) is 5.76 Å². The summed E-state index contributed by atoms with van der Waals surface area (Å²) in [5, 5.41) is 3.78. The number of aromatic nitrogens is 1. The summed E-state index contributed by atoms with van der Waals surface area (Å²) in [5.74, 6) is 0.826. The second kappa shape index (κ2) is 2.42. The molecule has 0 aliphatic rings. The summed E-state index contributed by atoms with van der Waals surface area (Å²) in [6.45, 7) is 5.69. The molecule has 10 heavy (non-hydrogen) atoms. The van der Waals surface area contributed by atoms with Gasteiger partial charge >= 0.3 is 0 Å². The zero-order valence-corrected chi connectivity index (χ0v) is 6.51. The Morgan fingerprint density at radius 3 is 2.30 bits per heavy atom. The lowest BCUT2D eigenvalue weighted by molar-refractivity contribution is 0.391. The highest BCUT2D eigenvalue weighted by Gasteiger charge is 2.11. The van der Waals surface area contributed by atoms with Crippen LogP contribution in [0.1, 0.15) is 30.0 Å². The number of hydrogen-bond acceptors (Lipinski definition) is 3. The molecule has 0 aliphatic carbocycles. The van der Waals surface area contributed by atoms with Crippen molar-refractivity contribution in [3.8, 4) is 0 Å². The summed E-state index contributed by atoms with van der Waals surface area (Å²) in [7, 11) is 0. The first kappa shape index (κ1) is 7.28. The van der Waals surface area contributed by atoms with Gasteiger partial charge in [0.05, 0.1) is 5.69 Å². The second-order valence-corrected chi connectivity index (χ2v) is 2.53. The van der Waals surface area contributed by atoms with Gasteiger partial charge in [0.25, 0.3) is 0 Å². The molecular weight excluding hydrogens is 128 g/mol. The standard InChI is InChI=1S/C7H12N2O/c1-4(8)7-5(2)9-10-6(7)3/h4H,8H2,1-3H3/t4-/m1/s1. The van der Waals surface area contributed by atoms with E-state index in [4.69, 9.17) is 10.3 Å². The molecule has 1 atom stereocenters. The molecule has 0 bridgehead atoms. The number of nitrogens with two attached hydrogens (primary N) is 1. The van der Waals surface area contributed by atoms with Crippen LogP contribution in [0.3, 0.4) is 0 Å². The Kier molecular flexibility index (Phi) is 1.76. The molecule has 0 saturated carbocycles. The fourth-order valence-corrected chi connectivity index (χ4v) is 1.14. The monoisotopic (exact) mass is 140 g/mol. The third kappa shape index (κ3) is 1.04. The Bertz CT molecular complexity index is 208. The van der Waals surface area contributed by atoms with Crippen LogP contribution in [0.5, 0.6) is 0 Å². The molecule has 1 aromatic heterocycles. The van der Waals surface area contributed by atoms with Crippen molar-refractivity contribution < 1.29 is 4.52 Å². The zero-order valence-electron chi connectivity index (χ0n) is 6.51. The third-order valence-corrected chi connectivity index (χ3v) is 1.54. The van der Waals surface area contributed by atoms with Gasteiger partial charge in [-0.05, 0) is 20.8 Å². The molecule has 0 saturated heterocycles. The van der Waals surface area contributed by atoms with Gasteiger partial charge in [0.15, 0.2) is 0 Å². The highest BCUT2D eigenvalue weighted by atomic mass is 16.5. The maximum atomic E-state index is 5.66. The molecular formula is C7H12N2O. The SMILES string of the molecule is Cc1noc(C)c1[C@@H](C)N. The van der Waals surface area contributed by atoms with Gasteiger partial charge in [0.2, 0.25) is 0 Å². The Morgan fingerprint density at radius 2 is 2.10 bits per heavy atom. The van der Waals surface area contributed by atoms with Crippen LogP contribution >= 0.6 is 0 Å². The largest absolute Gasteiger partial charge is 0.361 e. The lowest BCUT2D eigenvalue weighted by atomic mass is 10.1. The molecule has 0 radical (unpaired) electrons. The number of rotatable bonds is 1. The third-order valence-electron chi connectivity index (χ3n) is 1.54. The molecule has 2 N–H and O–H groups in total. The Hall–Kier alpha value is -0.830. The predicted molar refractivity (Wildman–Crippen MR) is 38.6 cm³/mol. The first-order valence-corrected chi connectivity index (χ1v) is 3.31. The molecule has 3 heteroatoms. The van der Waals surface area contributed by atoms with E-state index in [1.165, 1.54) is 0 Å². The smallest absolute Gasteiger partial charge is 0.138 e. The van der Waals surface area contributed by atoms with Crippen molar-refractivity contribution in [3.05, 3.63) is 17.0 Å². The molecule has 0 aromatic carbocycles. The van der Waals surface area contributed by atoms with Gasteiger partial charge in [-0.2, -0.15) is 0 Å². The first-order chi connectivity index (χ1) is 4.63. The average molecular weight is 140 g/mol. The van der Waals surface area contributed by atoms with E-state index in [1.54, 1.807) is 0 Å². The first-order valence-electron chi connectivity index (χ1n) is 3.31. The van der Waals surface area contributed by atoms with E-state index >= 15 is 0 Å². The summed E-state index contributed by atoms with van der Waals surface area (Å²) in [6.07, 6.45) is 0.